The molecule has 0 saturated carbocycles. The summed E-state index contributed by atoms with van der Waals surface area (Å²) in [6, 6.07) is 27.1. The highest BCUT2D eigenvalue weighted by Crippen LogP contribution is 2.42. The standard InChI is InChI=1S/C35H37N3O6/c1-24-30(33(39)40)32(26-11-9-16-29(23-26)38(42)43)31(25(2)36-24)34(41)44-22-10-19-37-20-17-35(18-21-37,27-12-5-3-6-13-27)28-14-7-4-8-15-28/h3-9,11-16,23,32,36H,10,17-22H2,1-2H3,(H,39,40). The van der Waals surface area contributed by atoms with Crippen LogP contribution in [0.1, 0.15) is 55.7 Å². The molecular formula is C35H37N3O6. The van der Waals surface area contributed by atoms with Gasteiger partial charge in [-0.2, -0.15) is 0 Å². The van der Waals surface area contributed by atoms with Crippen molar-refractivity contribution in [1.82, 2.24) is 10.2 Å². The summed E-state index contributed by atoms with van der Waals surface area (Å²) in [4.78, 5) is 39.0. The summed E-state index contributed by atoms with van der Waals surface area (Å²) < 4.78 is 5.70. The van der Waals surface area contributed by atoms with Crippen LogP contribution in [0.4, 0.5) is 5.69 Å². The minimum Gasteiger partial charge on any atom is -0.478 e. The maximum Gasteiger partial charge on any atom is 0.336 e. The Hall–Kier alpha value is -4.76. The Balaban J connectivity index is 1.24. The van der Waals surface area contributed by atoms with E-state index in [2.05, 4.69) is 58.7 Å². The lowest BCUT2D eigenvalue weighted by molar-refractivity contribution is -0.384. The van der Waals surface area contributed by atoms with Gasteiger partial charge in [0.25, 0.3) is 5.69 Å². The third-order valence-electron chi connectivity index (χ3n) is 8.84. The lowest BCUT2D eigenvalue weighted by atomic mass is 9.68. The normalized spacial score (nSPS) is 18.5. The number of benzene rings is 3. The maximum absolute atomic E-state index is 13.5. The fourth-order valence-corrected chi connectivity index (χ4v) is 6.65. The van der Waals surface area contributed by atoms with Gasteiger partial charge in [0, 0.05) is 35.5 Å². The van der Waals surface area contributed by atoms with Gasteiger partial charge in [-0.05, 0) is 62.9 Å². The third kappa shape index (κ3) is 6.28. The first-order valence-corrected chi connectivity index (χ1v) is 14.9. The topological polar surface area (TPSA) is 122 Å². The molecule has 0 amide bonds. The second-order valence-electron chi connectivity index (χ2n) is 11.4. The molecule has 9 nitrogen and oxygen atoms in total. The van der Waals surface area contributed by atoms with Gasteiger partial charge in [-0.3, -0.25) is 10.1 Å². The zero-order valence-corrected chi connectivity index (χ0v) is 25.0. The third-order valence-corrected chi connectivity index (χ3v) is 8.84. The molecule has 2 aliphatic rings. The number of esters is 1. The maximum atomic E-state index is 13.5. The Kier molecular flexibility index (Phi) is 9.25. The van der Waals surface area contributed by atoms with Gasteiger partial charge in [0.2, 0.25) is 0 Å². The van der Waals surface area contributed by atoms with E-state index in [1.165, 1.54) is 29.3 Å². The van der Waals surface area contributed by atoms with Gasteiger partial charge < -0.3 is 20.1 Å². The Bertz CT molecular complexity index is 1550. The molecule has 1 unspecified atom stereocenters. The summed E-state index contributed by atoms with van der Waals surface area (Å²) in [6.07, 6.45) is 2.58. The fraction of sp³-hybridized carbons (Fsp3) is 0.314. The number of ether oxygens (including phenoxy) is 1. The van der Waals surface area contributed by atoms with Gasteiger partial charge in [-0.15, -0.1) is 0 Å². The molecule has 0 bridgehead atoms. The van der Waals surface area contributed by atoms with Gasteiger partial charge in [0.15, 0.2) is 0 Å². The highest BCUT2D eigenvalue weighted by atomic mass is 16.6. The largest absolute Gasteiger partial charge is 0.478 e. The van der Waals surface area contributed by atoms with Crippen LogP contribution in [0.2, 0.25) is 0 Å². The summed E-state index contributed by atoms with van der Waals surface area (Å²) in [5.41, 5.74) is 3.70. The lowest BCUT2D eigenvalue weighted by Crippen LogP contribution is -2.43. The van der Waals surface area contributed by atoms with Gasteiger partial charge in [-0.1, -0.05) is 72.8 Å². The Morgan fingerprint density at radius 3 is 2.09 bits per heavy atom. The fourth-order valence-electron chi connectivity index (χ4n) is 6.65. The van der Waals surface area contributed by atoms with E-state index in [0.29, 0.717) is 23.4 Å². The van der Waals surface area contributed by atoms with E-state index in [9.17, 15) is 24.8 Å². The van der Waals surface area contributed by atoms with E-state index >= 15 is 0 Å². The highest BCUT2D eigenvalue weighted by molar-refractivity contribution is 5.99. The molecule has 2 N–H and O–H groups in total. The predicted molar refractivity (Wildman–Crippen MR) is 167 cm³/mol. The molecule has 0 spiro atoms. The zero-order valence-electron chi connectivity index (χ0n) is 25.0. The second-order valence-corrected chi connectivity index (χ2v) is 11.4. The molecule has 2 aliphatic heterocycles. The van der Waals surface area contributed by atoms with Crippen LogP contribution in [0.15, 0.2) is 107 Å². The molecule has 1 fully saturated rings. The summed E-state index contributed by atoms with van der Waals surface area (Å²) in [5.74, 6) is -2.85. The van der Waals surface area contributed by atoms with Crippen molar-refractivity contribution in [3.05, 3.63) is 134 Å². The molecule has 1 atom stereocenters. The highest BCUT2D eigenvalue weighted by Gasteiger charge is 2.39. The number of carboxylic acids is 1. The first-order chi connectivity index (χ1) is 21.2. The molecule has 228 valence electrons. The number of rotatable bonds is 10. The van der Waals surface area contributed by atoms with Crippen molar-refractivity contribution >= 4 is 17.6 Å². The Morgan fingerprint density at radius 1 is 0.932 bits per heavy atom. The van der Waals surface area contributed by atoms with E-state index in [4.69, 9.17) is 4.74 Å². The van der Waals surface area contributed by atoms with E-state index < -0.39 is 22.8 Å². The van der Waals surface area contributed by atoms with Crippen LogP contribution >= 0.6 is 0 Å². The number of nitro benzene ring substituents is 1. The number of dihydropyridines is 1. The molecule has 0 aromatic heterocycles. The number of piperidine rings is 1. The number of non-ortho nitro benzene ring substituents is 1. The number of carbonyl (C=O) groups is 2. The van der Waals surface area contributed by atoms with Crippen LogP contribution in [-0.4, -0.2) is 53.1 Å². The van der Waals surface area contributed by atoms with Gasteiger partial charge >= 0.3 is 11.9 Å². The van der Waals surface area contributed by atoms with E-state index in [0.717, 1.165) is 32.5 Å². The second kappa shape index (κ2) is 13.3. The van der Waals surface area contributed by atoms with Crippen molar-refractivity contribution in [2.45, 2.75) is 44.4 Å². The zero-order chi connectivity index (χ0) is 31.3. The monoisotopic (exact) mass is 595 g/mol. The molecule has 0 aliphatic carbocycles. The number of hydrogen-bond donors (Lipinski definition) is 2. The molecule has 3 aromatic carbocycles. The number of allylic oxidation sites excluding steroid dienone is 2. The molecule has 1 saturated heterocycles. The quantitative estimate of drug-likeness (QED) is 0.128. The van der Waals surface area contributed by atoms with E-state index in [1.54, 1.807) is 19.9 Å². The van der Waals surface area contributed by atoms with Gasteiger partial charge in [-0.25, -0.2) is 9.59 Å². The molecule has 2 heterocycles. The van der Waals surface area contributed by atoms with Crippen LogP contribution in [0, 0.1) is 10.1 Å². The number of likely N-dealkylation sites (tertiary alicyclic amines) is 1. The number of nitrogens with zero attached hydrogens (tertiary/aromatic N) is 2. The van der Waals surface area contributed by atoms with Crippen molar-refractivity contribution in [3.63, 3.8) is 0 Å². The first-order valence-electron chi connectivity index (χ1n) is 14.9. The van der Waals surface area contributed by atoms with Crippen molar-refractivity contribution in [3.8, 4) is 0 Å². The minimum absolute atomic E-state index is 0.0432. The van der Waals surface area contributed by atoms with Crippen molar-refractivity contribution in [2.24, 2.45) is 0 Å². The molecule has 44 heavy (non-hydrogen) atoms. The number of hydrogen-bond acceptors (Lipinski definition) is 7. The summed E-state index contributed by atoms with van der Waals surface area (Å²) in [7, 11) is 0. The Labute approximate surface area is 257 Å². The van der Waals surface area contributed by atoms with Crippen LogP contribution in [0.25, 0.3) is 0 Å². The number of nitrogens with one attached hydrogen (secondary N) is 1. The molecule has 5 rings (SSSR count). The van der Waals surface area contributed by atoms with Crippen LogP contribution in [-0.2, 0) is 19.7 Å². The van der Waals surface area contributed by atoms with E-state index in [-0.39, 0.29) is 28.9 Å². The SMILES string of the molecule is CC1=C(C(=O)O)C(c2cccc([N+](=O)[O-])c2)C(C(=O)OCCCN2CCC(c3ccccc3)(c3ccccc3)CC2)=C(C)N1. The van der Waals surface area contributed by atoms with Gasteiger partial charge in [0.05, 0.1) is 28.6 Å². The number of nitro groups is 1. The number of aliphatic carboxylic acids is 1. The Morgan fingerprint density at radius 2 is 1.52 bits per heavy atom. The predicted octanol–water partition coefficient (Wildman–Crippen LogP) is 5.93. The average Bonchev–Trinajstić information content (AvgIpc) is 3.03. The summed E-state index contributed by atoms with van der Waals surface area (Å²) in [5, 5.41) is 24.5. The van der Waals surface area contributed by atoms with Crippen molar-refractivity contribution in [1.29, 1.82) is 0 Å². The molecule has 3 aromatic rings. The van der Waals surface area contributed by atoms with Crippen LogP contribution in [0.5, 0.6) is 0 Å². The minimum atomic E-state index is -1.21. The lowest BCUT2D eigenvalue weighted by Gasteiger charge is -2.43. The average molecular weight is 596 g/mol. The molecule has 9 heteroatoms. The number of carboxylic acid groups (broad SMARTS) is 1. The van der Waals surface area contributed by atoms with Crippen LogP contribution in [0.3, 0.4) is 0 Å². The van der Waals surface area contributed by atoms with Gasteiger partial charge in [0.1, 0.15) is 0 Å². The molecule has 0 radical (unpaired) electrons. The summed E-state index contributed by atoms with van der Waals surface area (Å²) >= 11 is 0. The molecular weight excluding hydrogens is 558 g/mol. The number of carbonyl (C=O) groups excluding carboxylic acids is 1. The van der Waals surface area contributed by atoms with Crippen molar-refractivity contribution in [2.75, 3.05) is 26.2 Å². The first kappa shape index (κ1) is 30.7. The van der Waals surface area contributed by atoms with E-state index in [1.807, 2.05) is 12.1 Å². The summed E-state index contributed by atoms with van der Waals surface area (Å²) in [6.45, 7) is 6.04. The van der Waals surface area contributed by atoms with Crippen LogP contribution < -0.4 is 5.32 Å². The van der Waals surface area contributed by atoms with Crippen molar-refractivity contribution < 1.29 is 24.4 Å². The smallest absolute Gasteiger partial charge is 0.336 e.